The molecule has 2 N–H and O–H groups in total. The van der Waals surface area contributed by atoms with Crippen molar-refractivity contribution in [3.05, 3.63) is 0 Å². The van der Waals surface area contributed by atoms with E-state index in [9.17, 15) is 26.9 Å². The topological polar surface area (TPSA) is 58.2 Å². The van der Waals surface area contributed by atoms with Crippen LogP contribution in [-0.2, 0) is 4.79 Å². The summed E-state index contributed by atoms with van der Waals surface area (Å²) < 4.78 is 39.0. The zero-order valence-corrected chi connectivity index (χ0v) is 9.91. The van der Waals surface area contributed by atoms with Gasteiger partial charge in [-0.05, 0) is 27.7 Å². The minimum Gasteiger partial charge on any atom is -0.418 e. The van der Waals surface area contributed by atoms with Gasteiger partial charge in [-0.3, -0.25) is 10.1 Å². The highest BCUT2D eigenvalue weighted by Crippen LogP contribution is 2.32. The molecule has 0 saturated carbocycles. The molecule has 0 unspecified atom stereocenters. The zero-order valence-electron chi connectivity index (χ0n) is 9.91. The third-order valence-electron chi connectivity index (χ3n) is 2.78. The number of amides is 3. The SMILES string of the molecule is CC1(C)NC(=O)NC(=O)C1(C)C.F[B-](F)(F)F. The summed E-state index contributed by atoms with van der Waals surface area (Å²) in [5.74, 6) is -0.226. The molecule has 1 fully saturated rings. The van der Waals surface area contributed by atoms with Crippen LogP contribution in [0.4, 0.5) is 22.1 Å². The van der Waals surface area contributed by atoms with E-state index in [4.69, 9.17) is 0 Å². The van der Waals surface area contributed by atoms with Crippen molar-refractivity contribution in [2.45, 2.75) is 33.2 Å². The van der Waals surface area contributed by atoms with Crippen molar-refractivity contribution < 1.29 is 26.9 Å². The van der Waals surface area contributed by atoms with E-state index in [1.807, 2.05) is 27.7 Å². The van der Waals surface area contributed by atoms with Crippen LogP contribution in [0.2, 0.25) is 0 Å². The first kappa shape index (κ1) is 15.7. The fourth-order valence-electron chi connectivity index (χ4n) is 1.01. The summed E-state index contributed by atoms with van der Waals surface area (Å²) >= 11 is 0. The average molecular weight is 257 g/mol. The summed E-state index contributed by atoms with van der Waals surface area (Å²) in [5.41, 5.74) is -1.06. The molecule has 0 aromatic rings. The lowest BCUT2D eigenvalue weighted by molar-refractivity contribution is -0.133. The number of carbonyl (C=O) groups is 2. The summed E-state index contributed by atoms with van der Waals surface area (Å²) in [5, 5.41) is 4.94. The maximum absolute atomic E-state index is 11.4. The summed E-state index contributed by atoms with van der Waals surface area (Å²) in [6.45, 7) is 7.29. The van der Waals surface area contributed by atoms with Crippen molar-refractivity contribution >= 4 is 19.2 Å². The highest BCUT2D eigenvalue weighted by atomic mass is 19.5. The van der Waals surface area contributed by atoms with Crippen LogP contribution in [0.25, 0.3) is 0 Å². The predicted molar refractivity (Wildman–Crippen MR) is 54.7 cm³/mol. The van der Waals surface area contributed by atoms with E-state index in [0.717, 1.165) is 0 Å². The van der Waals surface area contributed by atoms with Crippen molar-refractivity contribution in [3.63, 3.8) is 0 Å². The van der Waals surface area contributed by atoms with Gasteiger partial charge >= 0.3 is 13.3 Å². The van der Waals surface area contributed by atoms with Crippen molar-refractivity contribution in [2.24, 2.45) is 5.41 Å². The van der Waals surface area contributed by atoms with Gasteiger partial charge in [0.1, 0.15) is 0 Å². The van der Waals surface area contributed by atoms with Crippen LogP contribution in [0, 0.1) is 5.41 Å². The number of imide groups is 1. The Kier molecular flexibility index (Phi) is 4.20. The molecule has 1 aliphatic heterocycles. The maximum atomic E-state index is 11.4. The van der Waals surface area contributed by atoms with Crippen LogP contribution >= 0.6 is 0 Å². The molecule has 1 aliphatic rings. The normalized spacial score (nSPS) is 21.9. The Morgan fingerprint density at radius 2 is 1.35 bits per heavy atom. The van der Waals surface area contributed by atoms with E-state index in [1.54, 1.807) is 0 Å². The number of rotatable bonds is 0. The van der Waals surface area contributed by atoms with Gasteiger partial charge in [0.25, 0.3) is 0 Å². The van der Waals surface area contributed by atoms with Gasteiger partial charge in [-0.25, -0.2) is 4.79 Å². The van der Waals surface area contributed by atoms with Gasteiger partial charge < -0.3 is 22.6 Å². The van der Waals surface area contributed by atoms with Gasteiger partial charge in [0.05, 0.1) is 11.0 Å². The number of carbonyl (C=O) groups excluding carboxylic acids is 2. The molecule has 1 rings (SSSR count). The molecule has 0 spiro atoms. The Bertz CT molecular complexity index is 322. The number of urea groups is 1. The van der Waals surface area contributed by atoms with E-state index in [1.165, 1.54) is 0 Å². The van der Waals surface area contributed by atoms with Crippen LogP contribution in [0.15, 0.2) is 0 Å². The summed E-state index contributed by atoms with van der Waals surface area (Å²) in [6, 6.07) is -0.413. The van der Waals surface area contributed by atoms with Crippen LogP contribution in [0.3, 0.4) is 0 Å². The van der Waals surface area contributed by atoms with Gasteiger partial charge in [0, 0.05) is 0 Å². The largest absolute Gasteiger partial charge is 0.673 e. The van der Waals surface area contributed by atoms with E-state index in [-0.39, 0.29) is 5.91 Å². The molecule has 100 valence electrons. The van der Waals surface area contributed by atoms with Gasteiger partial charge in [-0.2, -0.15) is 0 Å². The lowest BCUT2D eigenvalue weighted by Crippen LogP contribution is -2.67. The Labute approximate surface area is 96.2 Å². The molecule has 0 aromatic carbocycles. The molecule has 9 heteroatoms. The van der Waals surface area contributed by atoms with Crippen molar-refractivity contribution in [1.29, 1.82) is 0 Å². The highest BCUT2D eigenvalue weighted by molar-refractivity contribution is 6.50. The smallest absolute Gasteiger partial charge is 0.418 e. The first-order valence-electron chi connectivity index (χ1n) is 4.78. The zero-order chi connectivity index (χ0) is 14.1. The molecule has 1 heterocycles. The number of hydrogen-bond donors (Lipinski definition) is 2. The second-order valence-electron chi connectivity index (χ2n) is 4.65. The third kappa shape index (κ3) is 4.62. The lowest BCUT2D eigenvalue weighted by atomic mass is 9.72. The van der Waals surface area contributed by atoms with Crippen LogP contribution in [0.5, 0.6) is 0 Å². The van der Waals surface area contributed by atoms with Gasteiger partial charge in [-0.1, -0.05) is 0 Å². The monoisotopic (exact) mass is 257 g/mol. The number of halogens is 4. The second-order valence-corrected chi connectivity index (χ2v) is 4.65. The lowest BCUT2D eigenvalue weighted by Gasteiger charge is -2.44. The Morgan fingerprint density at radius 3 is 1.65 bits per heavy atom. The Morgan fingerprint density at radius 1 is 1.00 bits per heavy atom. The molecule has 0 atom stereocenters. The molecular formula is C8H14BF4N2O2-. The van der Waals surface area contributed by atoms with Crippen LogP contribution < -0.4 is 10.6 Å². The van der Waals surface area contributed by atoms with E-state index < -0.39 is 24.2 Å². The summed E-state index contributed by atoms with van der Waals surface area (Å²) in [6.07, 6.45) is 0. The summed E-state index contributed by atoms with van der Waals surface area (Å²) in [4.78, 5) is 22.3. The summed E-state index contributed by atoms with van der Waals surface area (Å²) in [7, 11) is -6.00. The van der Waals surface area contributed by atoms with E-state index >= 15 is 0 Å². The minimum absolute atomic E-state index is 0.226. The minimum atomic E-state index is -6.00. The molecular weight excluding hydrogens is 243 g/mol. The molecule has 3 amide bonds. The molecule has 0 radical (unpaired) electrons. The average Bonchev–Trinajstić information content (AvgIpc) is 1.96. The molecule has 1 saturated heterocycles. The third-order valence-corrected chi connectivity index (χ3v) is 2.78. The van der Waals surface area contributed by atoms with Crippen LogP contribution in [0.1, 0.15) is 27.7 Å². The first-order valence-corrected chi connectivity index (χ1v) is 4.78. The van der Waals surface area contributed by atoms with E-state index in [2.05, 4.69) is 10.6 Å². The van der Waals surface area contributed by atoms with Crippen LogP contribution in [-0.4, -0.2) is 24.7 Å². The maximum Gasteiger partial charge on any atom is 0.673 e. The second kappa shape index (κ2) is 4.54. The quantitative estimate of drug-likeness (QED) is 0.514. The van der Waals surface area contributed by atoms with Crippen molar-refractivity contribution in [1.82, 2.24) is 10.6 Å². The first-order chi connectivity index (χ1) is 7.27. The highest BCUT2D eigenvalue weighted by Gasteiger charge is 2.48. The molecule has 0 bridgehead atoms. The molecule has 4 nitrogen and oxygen atoms in total. The van der Waals surface area contributed by atoms with Crippen molar-refractivity contribution in [3.8, 4) is 0 Å². The predicted octanol–water partition coefficient (Wildman–Crippen LogP) is 1.93. The van der Waals surface area contributed by atoms with E-state index in [0.29, 0.717) is 0 Å². The van der Waals surface area contributed by atoms with Crippen molar-refractivity contribution in [2.75, 3.05) is 0 Å². The van der Waals surface area contributed by atoms with Gasteiger partial charge in [0.2, 0.25) is 5.91 Å². The Hall–Kier alpha value is -1.28. The molecule has 17 heavy (non-hydrogen) atoms. The van der Waals surface area contributed by atoms with Gasteiger partial charge in [0.15, 0.2) is 0 Å². The number of hydrogen-bond acceptors (Lipinski definition) is 2. The van der Waals surface area contributed by atoms with Gasteiger partial charge in [-0.15, -0.1) is 0 Å². The fourth-order valence-corrected chi connectivity index (χ4v) is 1.01. The molecule has 0 aliphatic carbocycles. The fraction of sp³-hybridized carbons (Fsp3) is 0.750. The molecule has 0 aromatic heterocycles. The Balaban J connectivity index is 0.000000437. The number of nitrogens with one attached hydrogen (secondary N) is 2. The standard InChI is InChI=1S/C8H14N2O2.BF4/c1-7(2)5(11)9-6(12)10-8(7,3)4;2-1(3,4)5/h1-4H3,(H2,9,10,11,12);/q;-1.